The normalized spacial score (nSPS) is 10.7. The van der Waals surface area contributed by atoms with E-state index in [-0.39, 0.29) is 6.42 Å². The van der Waals surface area contributed by atoms with Crippen LogP contribution >= 0.6 is 0 Å². The summed E-state index contributed by atoms with van der Waals surface area (Å²) in [6, 6.07) is 3.80. The Morgan fingerprint density at radius 1 is 1.26 bits per heavy atom. The van der Waals surface area contributed by atoms with E-state index in [4.69, 9.17) is 14.6 Å². The molecule has 0 unspecified atom stereocenters. The van der Waals surface area contributed by atoms with Gasteiger partial charge in [0.15, 0.2) is 11.5 Å². The highest BCUT2D eigenvalue weighted by molar-refractivity contribution is 5.87. The Hall–Kier alpha value is -2.17. The van der Waals surface area contributed by atoms with Gasteiger partial charge in [0.2, 0.25) is 0 Å². The number of aryl methyl sites for hydroxylation is 2. The van der Waals surface area contributed by atoms with Crippen molar-refractivity contribution in [3.8, 4) is 11.5 Å². The van der Waals surface area contributed by atoms with Crippen LogP contribution in [0.15, 0.2) is 18.3 Å². The fourth-order valence-electron chi connectivity index (χ4n) is 2.23. The number of aromatic nitrogens is 1. The van der Waals surface area contributed by atoms with Crippen molar-refractivity contribution < 1.29 is 19.4 Å². The highest BCUT2D eigenvalue weighted by Crippen LogP contribution is 2.34. The number of methoxy groups -OCH3 is 2. The maximum atomic E-state index is 10.7. The first-order chi connectivity index (χ1) is 9.06. The Kier molecular flexibility index (Phi) is 3.64. The van der Waals surface area contributed by atoms with Crippen LogP contribution in [-0.2, 0) is 18.3 Å². The van der Waals surface area contributed by atoms with E-state index in [2.05, 4.69) is 0 Å². The number of nitrogens with zero attached hydrogens (tertiary/aromatic N) is 1. The number of carboxylic acid groups (broad SMARTS) is 1. The highest BCUT2D eigenvalue weighted by atomic mass is 16.5. The van der Waals surface area contributed by atoms with Gasteiger partial charge in [-0.25, -0.2) is 0 Å². The molecule has 0 atom stereocenters. The largest absolute Gasteiger partial charge is 0.493 e. The van der Waals surface area contributed by atoms with Crippen LogP contribution in [0.1, 0.15) is 12.0 Å². The third kappa shape index (κ3) is 2.50. The van der Waals surface area contributed by atoms with Crippen LogP contribution in [0.2, 0.25) is 0 Å². The molecule has 19 heavy (non-hydrogen) atoms. The summed E-state index contributed by atoms with van der Waals surface area (Å²) < 4.78 is 12.5. The molecular formula is C14H17NO4. The van der Waals surface area contributed by atoms with Crippen LogP contribution in [0.25, 0.3) is 10.9 Å². The highest BCUT2D eigenvalue weighted by Gasteiger charge is 2.13. The molecule has 2 aromatic rings. The fraction of sp³-hybridized carbons (Fsp3) is 0.357. The molecule has 0 aliphatic heterocycles. The SMILES string of the molecule is COc1cc2c(CCC(=O)O)cn(C)c2cc1OC. The minimum Gasteiger partial charge on any atom is -0.493 e. The number of hydrogen-bond donors (Lipinski definition) is 1. The molecular weight excluding hydrogens is 246 g/mol. The van der Waals surface area contributed by atoms with Crippen LogP contribution < -0.4 is 9.47 Å². The van der Waals surface area contributed by atoms with Gasteiger partial charge in [-0.3, -0.25) is 4.79 Å². The van der Waals surface area contributed by atoms with Crippen molar-refractivity contribution >= 4 is 16.9 Å². The zero-order valence-electron chi connectivity index (χ0n) is 11.3. The number of fused-ring (bicyclic) bond motifs is 1. The van der Waals surface area contributed by atoms with Crippen LogP contribution in [0.5, 0.6) is 11.5 Å². The molecule has 0 spiro atoms. The third-order valence-electron chi connectivity index (χ3n) is 3.19. The van der Waals surface area contributed by atoms with E-state index in [1.54, 1.807) is 14.2 Å². The van der Waals surface area contributed by atoms with E-state index in [1.165, 1.54) is 0 Å². The molecule has 0 aliphatic carbocycles. The second-order valence-electron chi connectivity index (χ2n) is 4.38. The summed E-state index contributed by atoms with van der Waals surface area (Å²) in [6.45, 7) is 0. The average Bonchev–Trinajstić information content (AvgIpc) is 2.71. The van der Waals surface area contributed by atoms with E-state index in [1.807, 2.05) is 29.9 Å². The van der Waals surface area contributed by atoms with Gasteiger partial charge in [-0.1, -0.05) is 0 Å². The summed E-state index contributed by atoms with van der Waals surface area (Å²) in [5, 5.41) is 9.79. The second kappa shape index (κ2) is 5.22. The number of aliphatic carboxylic acids is 1. The van der Waals surface area contributed by atoms with Gasteiger partial charge < -0.3 is 19.1 Å². The third-order valence-corrected chi connectivity index (χ3v) is 3.19. The molecule has 1 aromatic carbocycles. The van der Waals surface area contributed by atoms with E-state index in [0.717, 1.165) is 16.5 Å². The summed E-state index contributed by atoms with van der Waals surface area (Å²) in [4.78, 5) is 10.7. The Morgan fingerprint density at radius 2 is 1.89 bits per heavy atom. The number of hydrogen-bond acceptors (Lipinski definition) is 3. The Morgan fingerprint density at radius 3 is 2.47 bits per heavy atom. The number of rotatable bonds is 5. The summed E-state index contributed by atoms with van der Waals surface area (Å²) in [6.07, 6.45) is 2.57. The predicted molar refractivity (Wildman–Crippen MR) is 72.0 cm³/mol. The van der Waals surface area contributed by atoms with E-state index in [0.29, 0.717) is 17.9 Å². The van der Waals surface area contributed by atoms with Crippen molar-refractivity contribution in [3.05, 3.63) is 23.9 Å². The number of carbonyl (C=O) groups is 1. The quantitative estimate of drug-likeness (QED) is 0.898. The minimum absolute atomic E-state index is 0.119. The van der Waals surface area contributed by atoms with Gasteiger partial charge in [0.25, 0.3) is 0 Å². The lowest BCUT2D eigenvalue weighted by molar-refractivity contribution is -0.136. The molecule has 1 heterocycles. The lowest BCUT2D eigenvalue weighted by atomic mass is 10.1. The molecule has 5 nitrogen and oxygen atoms in total. The van der Waals surface area contributed by atoms with Crippen molar-refractivity contribution in [3.63, 3.8) is 0 Å². The van der Waals surface area contributed by atoms with Gasteiger partial charge in [-0.05, 0) is 18.1 Å². The molecule has 0 bridgehead atoms. The van der Waals surface area contributed by atoms with Crippen LogP contribution in [0, 0.1) is 0 Å². The minimum atomic E-state index is -0.794. The molecule has 1 aromatic heterocycles. The van der Waals surface area contributed by atoms with Crippen molar-refractivity contribution in [2.45, 2.75) is 12.8 Å². The molecule has 2 rings (SSSR count). The number of ether oxygens (including phenoxy) is 2. The monoisotopic (exact) mass is 263 g/mol. The summed E-state index contributed by atoms with van der Waals surface area (Å²) in [5.41, 5.74) is 2.00. The van der Waals surface area contributed by atoms with Gasteiger partial charge in [0, 0.05) is 31.1 Å². The molecule has 0 saturated heterocycles. The predicted octanol–water partition coefficient (Wildman–Crippen LogP) is 2.21. The molecule has 0 radical (unpaired) electrons. The second-order valence-corrected chi connectivity index (χ2v) is 4.38. The van der Waals surface area contributed by atoms with Crippen LogP contribution in [0.3, 0.4) is 0 Å². The maximum absolute atomic E-state index is 10.7. The topological polar surface area (TPSA) is 60.7 Å². The van der Waals surface area contributed by atoms with Crippen molar-refractivity contribution in [2.24, 2.45) is 7.05 Å². The van der Waals surface area contributed by atoms with E-state index in [9.17, 15) is 4.79 Å². The molecule has 0 amide bonds. The smallest absolute Gasteiger partial charge is 0.303 e. The first-order valence-electron chi connectivity index (χ1n) is 5.98. The Bertz CT molecular complexity index is 615. The van der Waals surface area contributed by atoms with Gasteiger partial charge in [-0.15, -0.1) is 0 Å². The summed E-state index contributed by atoms with van der Waals surface area (Å²) >= 11 is 0. The van der Waals surface area contributed by atoms with Gasteiger partial charge >= 0.3 is 5.97 Å². The van der Waals surface area contributed by atoms with Gasteiger partial charge in [-0.2, -0.15) is 0 Å². The summed E-state index contributed by atoms with van der Waals surface area (Å²) in [5.74, 6) is 0.524. The first kappa shape index (κ1) is 13.3. The number of carboxylic acids is 1. The molecule has 5 heteroatoms. The standard InChI is InChI=1S/C14H17NO4/c1-15-8-9(4-5-14(16)17)10-6-12(18-2)13(19-3)7-11(10)15/h6-8H,4-5H2,1-3H3,(H,16,17). The van der Waals surface area contributed by atoms with Crippen molar-refractivity contribution in [1.82, 2.24) is 4.57 Å². The molecule has 102 valence electrons. The van der Waals surface area contributed by atoms with Gasteiger partial charge in [0.05, 0.1) is 19.7 Å². The number of benzene rings is 1. The van der Waals surface area contributed by atoms with Gasteiger partial charge in [0.1, 0.15) is 0 Å². The maximum Gasteiger partial charge on any atom is 0.303 e. The zero-order valence-corrected chi connectivity index (χ0v) is 11.3. The lowest BCUT2D eigenvalue weighted by Gasteiger charge is -2.08. The molecule has 0 fully saturated rings. The van der Waals surface area contributed by atoms with E-state index < -0.39 is 5.97 Å². The molecule has 0 saturated carbocycles. The lowest BCUT2D eigenvalue weighted by Crippen LogP contribution is -1.97. The summed E-state index contributed by atoms with van der Waals surface area (Å²) in [7, 11) is 5.11. The Balaban J connectivity index is 2.52. The fourth-order valence-corrected chi connectivity index (χ4v) is 2.23. The molecule has 1 N–H and O–H groups in total. The van der Waals surface area contributed by atoms with Crippen LogP contribution in [0.4, 0.5) is 0 Å². The van der Waals surface area contributed by atoms with Crippen molar-refractivity contribution in [1.29, 1.82) is 0 Å². The van der Waals surface area contributed by atoms with Crippen LogP contribution in [-0.4, -0.2) is 29.9 Å². The Labute approximate surface area is 111 Å². The average molecular weight is 263 g/mol. The molecule has 0 aliphatic rings. The van der Waals surface area contributed by atoms with E-state index >= 15 is 0 Å². The van der Waals surface area contributed by atoms with Crippen molar-refractivity contribution in [2.75, 3.05) is 14.2 Å². The first-order valence-corrected chi connectivity index (χ1v) is 5.98. The zero-order chi connectivity index (χ0) is 14.0.